The zero-order chi connectivity index (χ0) is 20.1. The highest BCUT2D eigenvalue weighted by Crippen LogP contribution is 2.25. The van der Waals surface area contributed by atoms with E-state index in [0.29, 0.717) is 24.8 Å². The van der Waals surface area contributed by atoms with Crippen molar-refractivity contribution in [2.24, 2.45) is 0 Å². The van der Waals surface area contributed by atoms with Crippen molar-refractivity contribution in [2.45, 2.75) is 25.9 Å². The minimum atomic E-state index is -3.52. The molecule has 28 heavy (non-hydrogen) atoms. The molecular formula is C20H26N4O3S. The van der Waals surface area contributed by atoms with E-state index in [9.17, 15) is 8.42 Å². The van der Waals surface area contributed by atoms with Crippen LogP contribution in [0.5, 0.6) is 5.88 Å². The zero-order valence-electron chi connectivity index (χ0n) is 16.4. The van der Waals surface area contributed by atoms with Crippen molar-refractivity contribution in [3.63, 3.8) is 0 Å². The lowest BCUT2D eigenvalue weighted by Crippen LogP contribution is -2.43. The van der Waals surface area contributed by atoms with Crippen LogP contribution >= 0.6 is 0 Å². The van der Waals surface area contributed by atoms with Crippen LogP contribution in [0.1, 0.15) is 24.0 Å². The maximum Gasteiger partial charge on any atom is 0.257 e. The molecule has 2 heterocycles. The normalized spacial score (nSPS) is 18.3. The van der Waals surface area contributed by atoms with Crippen LogP contribution < -0.4 is 9.64 Å². The van der Waals surface area contributed by atoms with Crippen molar-refractivity contribution in [1.82, 2.24) is 14.3 Å². The summed E-state index contributed by atoms with van der Waals surface area (Å²) in [5.41, 5.74) is 1.99. The molecule has 0 spiro atoms. The lowest BCUT2D eigenvalue weighted by atomic mass is 10.1. The van der Waals surface area contributed by atoms with Crippen molar-refractivity contribution in [2.75, 3.05) is 32.1 Å². The number of hydrogen-bond donors (Lipinski definition) is 0. The summed E-state index contributed by atoms with van der Waals surface area (Å²) in [6.45, 7) is 2.78. The van der Waals surface area contributed by atoms with Gasteiger partial charge in [0.2, 0.25) is 10.0 Å². The molecule has 0 saturated carbocycles. The Balaban J connectivity index is 1.69. The first kappa shape index (κ1) is 20.3. The summed E-state index contributed by atoms with van der Waals surface area (Å²) < 4.78 is 33.0. The largest absolute Gasteiger partial charge is 0.470 e. The van der Waals surface area contributed by atoms with Gasteiger partial charge in [-0.3, -0.25) is 0 Å². The van der Waals surface area contributed by atoms with Crippen molar-refractivity contribution < 1.29 is 13.2 Å². The second kappa shape index (κ2) is 8.70. The Kier molecular flexibility index (Phi) is 6.31. The fourth-order valence-corrected chi connectivity index (χ4v) is 4.29. The SMILES string of the molecule is Cc1ccc(/C=C/S(=O)(=O)N2CCCC(Oc3nccnc3N(C)C)C2)cc1. The molecule has 8 heteroatoms. The summed E-state index contributed by atoms with van der Waals surface area (Å²) in [4.78, 5) is 10.4. The number of rotatable bonds is 6. The molecule has 1 saturated heterocycles. The minimum absolute atomic E-state index is 0.258. The van der Waals surface area contributed by atoms with Crippen molar-refractivity contribution in [3.8, 4) is 5.88 Å². The van der Waals surface area contributed by atoms with Gasteiger partial charge in [0, 0.05) is 38.4 Å². The third kappa shape index (κ3) is 5.08. The van der Waals surface area contributed by atoms with Gasteiger partial charge < -0.3 is 9.64 Å². The molecule has 1 aromatic carbocycles. The van der Waals surface area contributed by atoms with E-state index < -0.39 is 10.0 Å². The molecule has 0 bridgehead atoms. The standard InChI is InChI=1S/C20H26N4O3S/c1-16-6-8-17(9-7-16)10-14-28(25,26)24-13-4-5-18(15-24)27-20-19(23(2)3)21-11-12-22-20/h6-12,14,18H,4-5,13,15H2,1-3H3/b14-10+. The van der Waals surface area contributed by atoms with E-state index in [1.54, 1.807) is 18.5 Å². The van der Waals surface area contributed by atoms with Crippen LogP contribution in [0.4, 0.5) is 5.82 Å². The van der Waals surface area contributed by atoms with Crippen LogP contribution in [0.3, 0.4) is 0 Å². The summed E-state index contributed by atoms with van der Waals surface area (Å²) >= 11 is 0. The summed E-state index contributed by atoms with van der Waals surface area (Å²) in [5, 5.41) is 1.27. The Morgan fingerprint density at radius 1 is 1.18 bits per heavy atom. The molecule has 2 aromatic rings. The first-order chi connectivity index (χ1) is 13.3. The van der Waals surface area contributed by atoms with Crippen LogP contribution in [-0.4, -0.2) is 56.0 Å². The number of sulfonamides is 1. The maximum atomic E-state index is 12.7. The summed E-state index contributed by atoms with van der Waals surface area (Å²) in [5.74, 6) is 1.05. The number of aryl methyl sites for hydroxylation is 1. The van der Waals surface area contributed by atoms with Crippen LogP contribution in [0, 0.1) is 6.92 Å². The van der Waals surface area contributed by atoms with Gasteiger partial charge in [-0.1, -0.05) is 29.8 Å². The van der Waals surface area contributed by atoms with Gasteiger partial charge in [0.25, 0.3) is 5.88 Å². The molecule has 0 radical (unpaired) electrons. The lowest BCUT2D eigenvalue weighted by molar-refractivity contribution is 0.125. The Labute approximate surface area is 166 Å². The highest BCUT2D eigenvalue weighted by Gasteiger charge is 2.29. The van der Waals surface area contributed by atoms with Crippen molar-refractivity contribution in [1.29, 1.82) is 0 Å². The van der Waals surface area contributed by atoms with Crippen LogP contribution in [0.2, 0.25) is 0 Å². The number of nitrogens with zero attached hydrogens (tertiary/aromatic N) is 4. The maximum absolute atomic E-state index is 12.7. The summed E-state index contributed by atoms with van der Waals surface area (Å²) in [6, 6.07) is 7.72. The van der Waals surface area contributed by atoms with Gasteiger partial charge in [-0.2, -0.15) is 4.31 Å². The second-order valence-corrected chi connectivity index (χ2v) is 8.90. The molecule has 1 aliphatic rings. The van der Waals surface area contributed by atoms with E-state index in [2.05, 4.69) is 9.97 Å². The summed E-state index contributed by atoms with van der Waals surface area (Å²) in [6.07, 6.45) is 6.06. The van der Waals surface area contributed by atoms with E-state index in [0.717, 1.165) is 24.0 Å². The Bertz CT molecular complexity index is 927. The highest BCUT2D eigenvalue weighted by molar-refractivity contribution is 7.92. The fraction of sp³-hybridized carbons (Fsp3) is 0.400. The topological polar surface area (TPSA) is 75.6 Å². The zero-order valence-corrected chi connectivity index (χ0v) is 17.3. The monoisotopic (exact) mass is 402 g/mol. The van der Waals surface area contributed by atoms with Crippen LogP contribution in [-0.2, 0) is 10.0 Å². The smallest absolute Gasteiger partial charge is 0.257 e. The van der Waals surface area contributed by atoms with Crippen LogP contribution in [0.25, 0.3) is 6.08 Å². The molecule has 3 rings (SSSR count). The number of anilines is 1. The van der Waals surface area contributed by atoms with E-state index >= 15 is 0 Å². The second-order valence-electron chi connectivity index (χ2n) is 7.08. The molecule has 0 N–H and O–H groups in total. The fourth-order valence-electron chi connectivity index (χ4n) is 3.03. The Morgan fingerprint density at radius 2 is 1.89 bits per heavy atom. The van der Waals surface area contributed by atoms with Crippen LogP contribution in [0.15, 0.2) is 42.1 Å². The van der Waals surface area contributed by atoms with Gasteiger partial charge in [-0.05, 0) is 31.4 Å². The molecule has 150 valence electrons. The summed E-state index contributed by atoms with van der Waals surface area (Å²) in [7, 11) is 0.214. The third-order valence-electron chi connectivity index (χ3n) is 4.56. The molecule has 1 atom stereocenters. The van der Waals surface area contributed by atoms with Gasteiger partial charge in [0.05, 0.1) is 6.54 Å². The van der Waals surface area contributed by atoms with E-state index in [-0.39, 0.29) is 6.10 Å². The first-order valence-corrected chi connectivity index (χ1v) is 10.8. The predicted octanol–water partition coefficient (Wildman–Crippen LogP) is 2.69. The number of ether oxygens (including phenoxy) is 1. The van der Waals surface area contributed by atoms with Crippen molar-refractivity contribution in [3.05, 3.63) is 53.2 Å². The average molecular weight is 403 g/mol. The van der Waals surface area contributed by atoms with Gasteiger partial charge >= 0.3 is 0 Å². The lowest BCUT2D eigenvalue weighted by Gasteiger charge is -2.31. The van der Waals surface area contributed by atoms with Gasteiger partial charge in [-0.15, -0.1) is 0 Å². The molecular weight excluding hydrogens is 376 g/mol. The minimum Gasteiger partial charge on any atom is -0.470 e. The predicted molar refractivity (Wildman–Crippen MR) is 111 cm³/mol. The number of piperidine rings is 1. The number of hydrogen-bond acceptors (Lipinski definition) is 6. The number of benzene rings is 1. The molecule has 1 fully saturated rings. The Hall–Kier alpha value is -2.45. The van der Waals surface area contributed by atoms with Gasteiger partial charge in [-0.25, -0.2) is 18.4 Å². The number of aromatic nitrogens is 2. The van der Waals surface area contributed by atoms with Gasteiger partial charge in [0.15, 0.2) is 5.82 Å². The molecule has 1 aliphatic heterocycles. The molecule has 7 nitrogen and oxygen atoms in total. The molecule has 0 aliphatic carbocycles. The molecule has 1 aromatic heterocycles. The van der Waals surface area contributed by atoms with E-state index in [1.807, 2.05) is 50.2 Å². The van der Waals surface area contributed by atoms with E-state index in [4.69, 9.17) is 4.74 Å². The van der Waals surface area contributed by atoms with Gasteiger partial charge in [0.1, 0.15) is 6.10 Å². The molecule has 0 amide bonds. The average Bonchev–Trinajstić information content (AvgIpc) is 2.68. The van der Waals surface area contributed by atoms with E-state index in [1.165, 1.54) is 9.71 Å². The highest BCUT2D eigenvalue weighted by atomic mass is 32.2. The quantitative estimate of drug-likeness (QED) is 0.740. The first-order valence-electron chi connectivity index (χ1n) is 9.25. The Morgan fingerprint density at radius 3 is 2.61 bits per heavy atom. The molecule has 1 unspecified atom stereocenters. The third-order valence-corrected chi connectivity index (χ3v) is 6.09. The van der Waals surface area contributed by atoms with Crippen molar-refractivity contribution >= 4 is 21.9 Å².